The predicted octanol–water partition coefficient (Wildman–Crippen LogP) is 2.71. The zero-order valence-corrected chi connectivity index (χ0v) is 13.5. The van der Waals surface area contributed by atoms with E-state index in [4.69, 9.17) is 0 Å². The van der Waals surface area contributed by atoms with E-state index >= 15 is 0 Å². The van der Waals surface area contributed by atoms with E-state index in [1.807, 2.05) is 54.6 Å². The summed E-state index contributed by atoms with van der Waals surface area (Å²) in [5.41, 5.74) is 1.91. The van der Waals surface area contributed by atoms with Gasteiger partial charge in [-0.25, -0.2) is 9.97 Å². The van der Waals surface area contributed by atoms with Crippen LogP contribution in [0.2, 0.25) is 0 Å². The molecule has 2 N–H and O–H groups in total. The molecule has 3 heterocycles. The highest BCUT2D eigenvalue weighted by Crippen LogP contribution is 2.20. The summed E-state index contributed by atoms with van der Waals surface area (Å²) >= 11 is 0. The van der Waals surface area contributed by atoms with Crippen LogP contribution >= 0.6 is 0 Å². The van der Waals surface area contributed by atoms with E-state index in [1.54, 1.807) is 10.7 Å². The number of pyridine rings is 1. The highest BCUT2D eigenvalue weighted by molar-refractivity contribution is 5.65. The number of aromatic nitrogens is 5. The molecule has 3 aromatic heterocycles. The maximum Gasteiger partial charge on any atom is 0.254 e. The number of anilines is 2. The fourth-order valence-corrected chi connectivity index (χ4v) is 2.54. The number of hydrogen-bond donors (Lipinski definition) is 2. The number of nitrogens with one attached hydrogen (secondary N) is 2. The van der Waals surface area contributed by atoms with E-state index in [2.05, 4.69) is 30.7 Å². The minimum atomic E-state index is 0.571. The molecule has 1 aromatic carbocycles. The van der Waals surface area contributed by atoms with Gasteiger partial charge in [0, 0.05) is 30.9 Å². The molecule has 4 aromatic rings. The molecule has 0 aliphatic carbocycles. The monoisotopic (exact) mass is 331 g/mol. The molecule has 7 nitrogen and oxygen atoms in total. The standard InChI is InChI=1S/C18H17N7/c1-2-6-14(7-3-1)15-12-17(25-18(24-15)22-13-23-25)21-11-10-20-16-8-4-5-9-19-16/h1-9,12-13,21H,10-11H2,(H,19,20). The lowest BCUT2D eigenvalue weighted by Gasteiger charge is -2.11. The summed E-state index contributed by atoms with van der Waals surface area (Å²) < 4.78 is 1.70. The molecular formula is C18H17N7. The van der Waals surface area contributed by atoms with Gasteiger partial charge in [0.2, 0.25) is 0 Å². The summed E-state index contributed by atoms with van der Waals surface area (Å²) in [6, 6.07) is 17.8. The van der Waals surface area contributed by atoms with Crippen LogP contribution in [0.15, 0.2) is 67.1 Å². The molecule has 4 rings (SSSR count). The lowest BCUT2D eigenvalue weighted by atomic mass is 10.1. The number of benzene rings is 1. The van der Waals surface area contributed by atoms with Gasteiger partial charge in [-0.1, -0.05) is 36.4 Å². The van der Waals surface area contributed by atoms with Crippen LogP contribution in [-0.4, -0.2) is 37.7 Å². The smallest absolute Gasteiger partial charge is 0.254 e. The Labute approximate surface area is 144 Å². The number of fused-ring (bicyclic) bond motifs is 1. The van der Waals surface area contributed by atoms with Crippen molar-refractivity contribution >= 4 is 17.4 Å². The SMILES string of the molecule is c1ccc(-c2cc(NCCNc3ccccn3)n3ncnc3n2)cc1. The quantitative estimate of drug-likeness (QED) is 0.529. The largest absolute Gasteiger partial charge is 0.368 e. The summed E-state index contributed by atoms with van der Waals surface area (Å²) in [5.74, 6) is 2.28. The van der Waals surface area contributed by atoms with Crippen LogP contribution in [0.25, 0.3) is 17.0 Å². The molecule has 0 fully saturated rings. The molecule has 124 valence electrons. The highest BCUT2D eigenvalue weighted by Gasteiger charge is 2.08. The van der Waals surface area contributed by atoms with Gasteiger partial charge in [0.05, 0.1) is 5.69 Å². The Morgan fingerprint density at radius 2 is 1.72 bits per heavy atom. The molecule has 0 radical (unpaired) electrons. The van der Waals surface area contributed by atoms with Gasteiger partial charge >= 0.3 is 0 Å². The predicted molar refractivity (Wildman–Crippen MR) is 97.4 cm³/mol. The van der Waals surface area contributed by atoms with Crippen molar-refractivity contribution in [1.82, 2.24) is 24.6 Å². The molecule has 0 bridgehead atoms. The third-order valence-electron chi connectivity index (χ3n) is 3.72. The molecule has 0 atom stereocenters. The van der Waals surface area contributed by atoms with Crippen molar-refractivity contribution in [3.63, 3.8) is 0 Å². The van der Waals surface area contributed by atoms with Gasteiger partial charge in [-0.15, -0.1) is 0 Å². The van der Waals surface area contributed by atoms with Gasteiger partial charge in [-0.05, 0) is 12.1 Å². The van der Waals surface area contributed by atoms with Crippen molar-refractivity contribution < 1.29 is 0 Å². The van der Waals surface area contributed by atoms with Crippen molar-refractivity contribution in [3.8, 4) is 11.3 Å². The van der Waals surface area contributed by atoms with E-state index < -0.39 is 0 Å². The van der Waals surface area contributed by atoms with Crippen molar-refractivity contribution in [2.24, 2.45) is 0 Å². The highest BCUT2D eigenvalue weighted by atomic mass is 15.4. The van der Waals surface area contributed by atoms with E-state index in [-0.39, 0.29) is 0 Å². The van der Waals surface area contributed by atoms with Crippen LogP contribution in [0.1, 0.15) is 0 Å². The lowest BCUT2D eigenvalue weighted by Crippen LogP contribution is -2.16. The van der Waals surface area contributed by atoms with Crippen LogP contribution in [0.3, 0.4) is 0 Å². The van der Waals surface area contributed by atoms with Gasteiger partial charge in [0.25, 0.3) is 5.78 Å². The zero-order chi connectivity index (χ0) is 16.9. The average Bonchev–Trinajstić information content (AvgIpc) is 3.15. The molecule has 0 saturated carbocycles. The Hall–Kier alpha value is -3.48. The minimum Gasteiger partial charge on any atom is -0.368 e. The van der Waals surface area contributed by atoms with Gasteiger partial charge in [-0.3, -0.25) is 0 Å². The van der Waals surface area contributed by atoms with E-state index in [0.717, 1.165) is 29.4 Å². The van der Waals surface area contributed by atoms with Gasteiger partial charge in [0.1, 0.15) is 18.0 Å². The molecule has 0 amide bonds. The lowest BCUT2D eigenvalue weighted by molar-refractivity contribution is 0.923. The molecule has 7 heteroatoms. The summed E-state index contributed by atoms with van der Waals surface area (Å²) in [6.45, 7) is 1.44. The second-order valence-electron chi connectivity index (χ2n) is 5.43. The third kappa shape index (κ3) is 3.40. The Kier molecular flexibility index (Phi) is 4.20. The summed E-state index contributed by atoms with van der Waals surface area (Å²) in [7, 11) is 0. The fraction of sp³-hybridized carbons (Fsp3) is 0.111. The van der Waals surface area contributed by atoms with Crippen molar-refractivity contribution in [3.05, 3.63) is 67.1 Å². The first-order chi connectivity index (χ1) is 12.4. The average molecular weight is 331 g/mol. The van der Waals surface area contributed by atoms with Crippen LogP contribution in [-0.2, 0) is 0 Å². The minimum absolute atomic E-state index is 0.571. The maximum absolute atomic E-state index is 4.57. The van der Waals surface area contributed by atoms with Crippen molar-refractivity contribution in [2.75, 3.05) is 23.7 Å². The van der Waals surface area contributed by atoms with E-state index in [1.165, 1.54) is 6.33 Å². The third-order valence-corrected chi connectivity index (χ3v) is 3.72. The fourth-order valence-electron chi connectivity index (χ4n) is 2.54. The Morgan fingerprint density at radius 1 is 0.880 bits per heavy atom. The number of rotatable bonds is 6. The van der Waals surface area contributed by atoms with Gasteiger partial charge in [0.15, 0.2) is 0 Å². The van der Waals surface area contributed by atoms with Crippen molar-refractivity contribution in [2.45, 2.75) is 0 Å². The van der Waals surface area contributed by atoms with Crippen molar-refractivity contribution in [1.29, 1.82) is 0 Å². The summed E-state index contributed by atoms with van der Waals surface area (Å²) in [5, 5.41) is 10.9. The topological polar surface area (TPSA) is 80.0 Å². The molecular weight excluding hydrogens is 314 g/mol. The first kappa shape index (κ1) is 15.1. The second-order valence-corrected chi connectivity index (χ2v) is 5.43. The first-order valence-corrected chi connectivity index (χ1v) is 8.05. The molecule has 0 unspecified atom stereocenters. The zero-order valence-electron chi connectivity index (χ0n) is 13.5. The van der Waals surface area contributed by atoms with E-state index in [0.29, 0.717) is 12.3 Å². The Bertz CT molecular complexity index is 951. The molecule has 0 aliphatic rings. The summed E-state index contributed by atoms with van der Waals surface area (Å²) in [4.78, 5) is 13.0. The first-order valence-electron chi connectivity index (χ1n) is 8.05. The molecule has 0 aliphatic heterocycles. The Morgan fingerprint density at radius 3 is 2.56 bits per heavy atom. The van der Waals surface area contributed by atoms with Crippen LogP contribution in [0, 0.1) is 0 Å². The Balaban J connectivity index is 1.51. The number of hydrogen-bond acceptors (Lipinski definition) is 6. The number of nitrogens with zero attached hydrogens (tertiary/aromatic N) is 5. The van der Waals surface area contributed by atoms with Gasteiger partial charge < -0.3 is 10.6 Å². The molecule has 25 heavy (non-hydrogen) atoms. The normalized spacial score (nSPS) is 10.7. The summed E-state index contributed by atoms with van der Waals surface area (Å²) in [6.07, 6.45) is 3.28. The van der Waals surface area contributed by atoms with Gasteiger partial charge in [-0.2, -0.15) is 14.6 Å². The van der Waals surface area contributed by atoms with E-state index in [9.17, 15) is 0 Å². The molecule has 0 spiro atoms. The van der Waals surface area contributed by atoms with Crippen LogP contribution in [0.4, 0.5) is 11.6 Å². The van der Waals surface area contributed by atoms with Crippen LogP contribution in [0.5, 0.6) is 0 Å². The second kappa shape index (κ2) is 6.96. The van der Waals surface area contributed by atoms with Crippen LogP contribution < -0.4 is 10.6 Å². The molecule has 0 saturated heterocycles. The maximum atomic E-state index is 4.57.